The number of benzene rings is 1. The fourth-order valence-electron chi connectivity index (χ4n) is 2.24. The van der Waals surface area contributed by atoms with E-state index in [1.807, 2.05) is 44.2 Å². The van der Waals surface area contributed by atoms with Crippen molar-refractivity contribution in [3.05, 3.63) is 35.9 Å². The average molecular weight is 459 g/mol. The summed E-state index contributed by atoms with van der Waals surface area (Å²) in [5.41, 5.74) is 0.379. The van der Waals surface area contributed by atoms with E-state index in [-0.39, 0.29) is 43.2 Å². The van der Waals surface area contributed by atoms with E-state index in [1.165, 1.54) is 6.92 Å². The SMILES string of the molecule is CC(=O)OCCCOC(=O)OCCOC(=O)C(C)(C)CC(Br)c1ccccc1. The molecule has 0 saturated carbocycles. The molecule has 156 valence electrons. The first-order valence-electron chi connectivity index (χ1n) is 9.01. The molecule has 0 bridgehead atoms. The average Bonchev–Trinajstić information content (AvgIpc) is 2.64. The van der Waals surface area contributed by atoms with Crippen LogP contribution >= 0.6 is 15.9 Å². The largest absolute Gasteiger partial charge is 0.508 e. The summed E-state index contributed by atoms with van der Waals surface area (Å²) in [4.78, 5) is 34.3. The van der Waals surface area contributed by atoms with Crippen LogP contribution in [0.2, 0.25) is 0 Å². The Balaban J connectivity index is 2.22. The molecule has 8 heteroatoms. The maximum atomic E-state index is 12.3. The second-order valence-electron chi connectivity index (χ2n) is 6.74. The molecule has 1 unspecified atom stereocenters. The lowest BCUT2D eigenvalue weighted by molar-refractivity contribution is -0.155. The van der Waals surface area contributed by atoms with Crippen LogP contribution in [0.3, 0.4) is 0 Å². The van der Waals surface area contributed by atoms with Crippen molar-refractivity contribution in [2.45, 2.75) is 38.4 Å². The molecule has 28 heavy (non-hydrogen) atoms. The third kappa shape index (κ3) is 9.73. The van der Waals surface area contributed by atoms with Crippen LogP contribution < -0.4 is 0 Å². The summed E-state index contributed by atoms with van der Waals surface area (Å²) in [6.45, 7) is 5.02. The van der Waals surface area contributed by atoms with E-state index in [0.717, 1.165) is 5.56 Å². The standard InChI is InChI=1S/C20H27BrO7/c1-15(22)25-10-7-11-27-19(24)28-13-12-26-18(23)20(2,3)14-17(21)16-8-5-4-6-9-16/h4-6,8-9,17H,7,10-14H2,1-3H3. The van der Waals surface area contributed by atoms with Crippen LogP contribution in [0.5, 0.6) is 0 Å². The van der Waals surface area contributed by atoms with Gasteiger partial charge in [-0.25, -0.2) is 4.79 Å². The van der Waals surface area contributed by atoms with Gasteiger partial charge in [-0.15, -0.1) is 0 Å². The first-order chi connectivity index (χ1) is 13.2. The van der Waals surface area contributed by atoms with Gasteiger partial charge in [0.2, 0.25) is 0 Å². The number of rotatable bonds is 11. The molecule has 0 fully saturated rings. The third-order valence-electron chi connectivity index (χ3n) is 3.75. The second-order valence-corrected chi connectivity index (χ2v) is 7.85. The van der Waals surface area contributed by atoms with E-state index in [9.17, 15) is 14.4 Å². The van der Waals surface area contributed by atoms with Crippen molar-refractivity contribution < 1.29 is 33.3 Å². The Labute approximate surface area is 173 Å². The highest BCUT2D eigenvalue weighted by Crippen LogP contribution is 2.36. The molecule has 0 heterocycles. The van der Waals surface area contributed by atoms with E-state index < -0.39 is 11.6 Å². The predicted molar refractivity (Wildman–Crippen MR) is 106 cm³/mol. The monoisotopic (exact) mass is 458 g/mol. The van der Waals surface area contributed by atoms with Crippen LogP contribution in [-0.2, 0) is 28.5 Å². The van der Waals surface area contributed by atoms with Crippen LogP contribution in [0, 0.1) is 5.41 Å². The topological polar surface area (TPSA) is 88.1 Å². The first-order valence-corrected chi connectivity index (χ1v) is 9.93. The van der Waals surface area contributed by atoms with E-state index in [1.54, 1.807) is 0 Å². The Morgan fingerprint density at radius 1 is 0.929 bits per heavy atom. The zero-order chi connectivity index (χ0) is 21.0. The highest BCUT2D eigenvalue weighted by Gasteiger charge is 2.32. The van der Waals surface area contributed by atoms with Crippen molar-refractivity contribution in [2.75, 3.05) is 26.4 Å². The van der Waals surface area contributed by atoms with Crippen LogP contribution in [0.15, 0.2) is 30.3 Å². The summed E-state index contributed by atoms with van der Waals surface area (Å²) in [5.74, 6) is -0.756. The molecule has 0 aromatic heterocycles. The Hall–Kier alpha value is -2.09. The van der Waals surface area contributed by atoms with Gasteiger partial charge in [-0.3, -0.25) is 9.59 Å². The summed E-state index contributed by atoms with van der Waals surface area (Å²) in [6, 6.07) is 9.82. The molecule has 0 spiro atoms. The van der Waals surface area contributed by atoms with Gasteiger partial charge < -0.3 is 18.9 Å². The molecule has 0 aliphatic heterocycles. The minimum absolute atomic E-state index is 0.0226. The van der Waals surface area contributed by atoms with Crippen molar-refractivity contribution >= 4 is 34.0 Å². The molecule has 0 N–H and O–H groups in total. The van der Waals surface area contributed by atoms with Gasteiger partial charge in [0.25, 0.3) is 0 Å². The highest BCUT2D eigenvalue weighted by atomic mass is 79.9. The fraction of sp³-hybridized carbons (Fsp3) is 0.550. The van der Waals surface area contributed by atoms with Gasteiger partial charge in [-0.2, -0.15) is 0 Å². The zero-order valence-electron chi connectivity index (χ0n) is 16.4. The number of hydrogen-bond acceptors (Lipinski definition) is 7. The maximum absolute atomic E-state index is 12.3. The maximum Gasteiger partial charge on any atom is 0.508 e. The lowest BCUT2D eigenvalue weighted by Gasteiger charge is -2.25. The van der Waals surface area contributed by atoms with Gasteiger partial charge in [0.05, 0.1) is 18.6 Å². The smallest absolute Gasteiger partial charge is 0.466 e. The van der Waals surface area contributed by atoms with Gasteiger partial charge in [-0.05, 0) is 25.8 Å². The lowest BCUT2D eigenvalue weighted by atomic mass is 9.86. The molecular formula is C20H27BrO7. The van der Waals surface area contributed by atoms with Gasteiger partial charge in [0, 0.05) is 18.2 Å². The summed E-state index contributed by atoms with van der Waals surface area (Å²) in [5, 5.41) is 0. The van der Waals surface area contributed by atoms with E-state index >= 15 is 0 Å². The van der Waals surface area contributed by atoms with Gasteiger partial charge in [0.1, 0.15) is 13.2 Å². The molecule has 0 radical (unpaired) electrons. The van der Waals surface area contributed by atoms with Crippen LogP contribution in [0.1, 0.15) is 44.0 Å². The van der Waals surface area contributed by atoms with Crippen LogP contribution in [-0.4, -0.2) is 44.5 Å². The summed E-state index contributed by atoms with van der Waals surface area (Å²) >= 11 is 3.61. The number of carbonyl (C=O) groups is 3. The zero-order valence-corrected chi connectivity index (χ0v) is 18.0. The quantitative estimate of drug-likeness (QED) is 0.212. The van der Waals surface area contributed by atoms with E-state index in [0.29, 0.717) is 12.8 Å². The number of esters is 2. The highest BCUT2D eigenvalue weighted by molar-refractivity contribution is 9.09. The van der Waals surface area contributed by atoms with Crippen molar-refractivity contribution in [2.24, 2.45) is 5.41 Å². The second kappa shape index (κ2) is 12.4. The van der Waals surface area contributed by atoms with E-state index in [2.05, 4.69) is 15.9 Å². The van der Waals surface area contributed by atoms with Crippen molar-refractivity contribution in [3.8, 4) is 0 Å². The first kappa shape index (κ1) is 23.9. The van der Waals surface area contributed by atoms with Crippen molar-refractivity contribution in [3.63, 3.8) is 0 Å². The normalized spacial score (nSPS) is 12.0. The van der Waals surface area contributed by atoms with Crippen LogP contribution in [0.4, 0.5) is 4.79 Å². The summed E-state index contributed by atoms with van der Waals surface area (Å²) in [6.07, 6.45) is 0.0800. The minimum atomic E-state index is -0.859. The molecule has 0 amide bonds. The molecule has 0 aliphatic carbocycles. The Morgan fingerprint density at radius 3 is 2.14 bits per heavy atom. The summed E-state index contributed by atoms with van der Waals surface area (Å²) in [7, 11) is 0. The van der Waals surface area contributed by atoms with Crippen LogP contribution in [0.25, 0.3) is 0 Å². The van der Waals surface area contributed by atoms with Crippen molar-refractivity contribution in [1.29, 1.82) is 0 Å². The lowest BCUT2D eigenvalue weighted by Crippen LogP contribution is -2.29. The number of ether oxygens (including phenoxy) is 4. The Kier molecular flexibility index (Phi) is 10.6. The number of carbonyl (C=O) groups excluding carboxylic acids is 3. The molecule has 1 rings (SSSR count). The molecule has 7 nitrogen and oxygen atoms in total. The van der Waals surface area contributed by atoms with E-state index in [4.69, 9.17) is 18.9 Å². The van der Waals surface area contributed by atoms with Gasteiger partial charge in [0.15, 0.2) is 0 Å². The Morgan fingerprint density at radius 2 is 1.50 bits per heavy atom. The van der Waals surface area contributed by atoms with Crippen molar-refractivity contribution in [1.82, 2.24) is 0 Å². The third-order valence-corrected chi connectivity index (χ3v) is 4.61. The fourth-order valence-corrected chi connectivity index (χ4v) is 3.35. The number of hydrogen-bond donors (Lipinski definition) is 0. The predicted octanol–water partition coefficient (Wildman–Crippen LogP) is 4.19. The molecule has 1 aromatic carbocycles. The van der Waals surface area contributed by atoms with Gasteiger partial charge in [-0.1, -0.05) is 46.3 Å². The molecule has 0 saturated heterocycles. The minimum Gasteiger partial charge on any atom is -0.466 e. The Bertz CT molecular complexity index is 631. The molecular weight excluding hydrogens is 432 g/mol. The molecule has 0 aliphatic rings. The molecule has 1 atom stereocenters. The number of alkyl halides is 1. The van der Waals surface area contributed by atoms with Gasteiger partial charge >= 0.3 is 18.1 Å². The number of halogens is 1. The molecule has 1 aromatic rings. The summed E-state index contributed by atoms with van der Waals surface area (Å²) < 4.78 is 19.5.